The molecule has 8 heteroatoms. The number of amides is 3. The van der Waals surface area contributed by atoms with Gasteiger partial charge in [-0.15, -0.1) is 0 Å². The summed E-state index contributed by atoms with van der Waals surface area (Å²) in [7, 11) is 0. The van der Waals surface area contributed by atoms with Crippen molar-refractivity contribution in [2.24, 2.45) is 0 Å². The number of hydrogen-bond acceptors (Lipinski definition) is 5. The van der Waals surface area contributed by atoms with E-state index < -0.39 is 36.1 Å². The lowest BCUT2D eigenvalue weighted by Gasteiger charge is -2.27. The lowest BCUT2D eigenvalue weighted by Crippen LogP contribution is -2.46. The number of carbonyl (C=O) groups is 3. The molecule has 1 aromatic carbocycles. The number of rotatable bonds is 8. The first-order chi connectivity index (χ1) is 14.0. The van der Waals surface area contributed by atoms with Crippen LogP contribution in [0.1, 0.15) is 57.7 Å². The van der Waals surface area contributed by atoms with Gasteiger partial charge in [-0.1, -0.05) is 25.8 Å². The third-order valence-corrected chi connectivity index (χ3v) is 4.06. The smallest absolute Gasteiger partial charge is 0.408 e. The van der Waals surface area contributed by atoms with Crippen molar-refractivity contribution >= 4 is 17.9 Å². The maximum atomic E-state index is 12.9. The number of terminal acetylenes is 1. The number of ether oxygens (including phenoxy) is 1. The van der Waals surface area contributed by atoms with E-state index in [1.54, 1.807) is 33.8 Å². The SMILES string of the molecule is C#CN(C(=O)CNC(=O)OC(C)(C)C)C(C(=O)NCCCC)c1ccc(O)c(C)c1. The average Bonchev–Trinajstić information content (AvgIpc) is 2.65. The van der Waals surface area contributed by atoms with E-state index in [1.807, 2.05) is 6.92 Å². The second-order valence-corrected chi connectivity index (χ2v) is 7.84. The largest absolute Gasteiger partial charge is 0.508 e. The van der Waals surface area contributed by atoms with Gasteiger partial charge in [-0.25, -0.2) is 4.79 Å². The predicted octanol–water partition coefficient (Wildman–Crippen LogP) is 2.60. The van der Waals surface area contributed by atoms with Crippen LogP contribution in [0.4, 0.5) is 4.79 Å². The number of benzene rings is 1. The maximum Gasteiger partial charge on any atom is 0.408 e. The molecule has 0 saturated heterocycles. The molecular formula is C22H31N3O5. The fourth-order valence-corrected chi connectivity index (χ4v) is 2.59. The number of unbranched alkanes of at least 4 members (excludes halogenated alkanes) is 1. The number of phenols is 1. The van der Waals surface area contributed by atoms with E-state index in [-0.39, 0.29) is 5.75 Å². The Morgan fingerprint density at radius 2 is 1.93 bits per heavy atom. The van der Waals surface area contributed by atoms with E-state index >= 15 is 0 Å². The normalized spacial score (nSPS) is 11.7. The first-order valence-electron chi connectivity index (χ1n) is 9.82. The van der Waals surface area contributed by atoms with E-state index in [4.69, 9.17) is 11.2 Å². The van der Waals surface area contributed by atoms with E-state index in [0.29, 0.717) is 17.7 Å². The van der Waals surface area contributed by atoms with Crippen LogP contribution in [-0.4, -0.2) is 46.6 Å². The van der Waals surface area contributed by atoms with Gasteiger partial charge in [0.25, 0.3) is 5.91 Å². The molecule has 0 aliphatic rings. The van der Waals surface area contributed by atoms with Crippen LogP contribution in [0.3, 0.4) is 0 Å². The molecule has 0 spiro atoms. The molecule has 0 aliphatic heterocycles. The van der Waals surface area contributed by atoms with Gasteiger partial charge in [0.2, 0.25) is 5.91 Å². The molecule has 1 unspecified atom stereocenters. The summed E-state index contributed by atoms with van der Waals surface area (Å²) in [5.41, 5.74) is 0.266. The van der Waals surface area contributed by atoms with E-state index in [9.17, 15) is 19.5 Å². The Balaban J connectivity index is 3.07. The van der Waals surface area contributed by atoms with Crippen LogP contribution in [-0.2, 0) is 14.3 Å². The summed E-state index contributed by atoms with van der Waals surface area (Å²) in [4.78, 5) is 38.4. The minimum absolute atomic E-state index is 0.0640. The number of nitrogens with zero attached hydrogens (tertiary/aromatic N) is 1. The highest BCUT2D eigenvalue weighted by Gasteiger charge is 2.31. The summed E-state index contributed by atoms with van der Waals surface area (Å²) in [6.07, 6.45) is 6.46. The highest BCUT2D eigenvalue weighted by Crippen LogP contribution is 2.26. The molecule has 1 atom stereocenters. The monoisotopic (exact) mass is 417 g/mol. The molecular weight excluding hydrogens is 386 g/mol. The lowest BCUT2D eigenvalue weighted by atomic mass is 10.0. The molecule has 0 aliphatic carbocycles. The summed E-state index contributed by atoms with van der Waals surface area (Å²) in [5, 5.41) is 14.9. The second kappa shape index (κ2) is 11.1. The first-order valence-corrected chi connectivity index (χ1v) is 9.82. The van der Waals surface area contributed by atoms with Gasteiger partial charge in [-0.05, 0) is 57.4 Å². The van der Waals surface area contributed by atoms with Crippen LogP contribution < -0.4 is 10.6 Å². The number of hydrogen-bond donors (Lipinski definition) is 3. The van der Waals surface area contributed by atoms with E-state index in [1.165, 1.54) is 12.1 Å². The zero-order valence-electron chi connectivity index (χ0n) is 18.2. The molecule has 0 fully saturated rings. The molecule has 164 valence electrons. The van der Waals surface area contributed by atoms with Gasteiger partial charge in [0.05, 0.1) is 0 Å². The maximum absolute atomic E-state index is 12.9. The number of phenolic OH excluding ortho intramolecular Hbond substituents is 1. The highest BCUT2D eigenvalue weighted by molar-refractivity contribution is 5.91. The van der Waals surface area contributed by atoms with Crippen LogP contribution in [0.25, 0.3) is 0 Å². The van der Waals surface area contributed by atoms with Gasteiger partial charge in [-0.2, -0.15) is 0 Å². The molecule has 1 rings (SSSR count). The van der Waals surface area contributed by atoms with Gasteiger partial charge in [-0.3, -0.25) is 14.5 Å². The van der Waals surface area contributed by atoms with Gasteiger partial charge >= 0.3 is 6.09 Å². The van der Waals surface area contributed by atoms with Crippen LogP contribution in [0.5, 0.6) is 5.75 Å². The Kier molecular flexibility index (Phi) is 9.18. The lowest BCUT2D eigenvalue weighted by molar-refractivity contribution is -0.136. The molecule has 3 N–H and O–H groups in total. The van der Waals surface area contributed by atoms with Crippen molar-refractivity contribution in [3.63, 3.8) is 0 Å². The van der Waals surface area contributed by atoms with Gasteiger partial charge in [0.1, 0.15) is 23.9 Å². The zero-order valence-corrected chi connectivity index (χ0v) is 18.2. The quantitative estimate of drug-likeness (QED) is 0.342. The van der Waals surface area contributed by atoms with Crippen molar-refractivity contribution in [1.29, 1.82) is 0 Å². The molecule has 8 nitrogen and oxygen atoms in total. The topological polar surface area (TPSA) is 108 Å². The van der Waals surface area contributed by atoms with Gasteiger partial charge in [0.15, 0.2) is 0 Å². The first kappa shape index (κ1) is 24.8. The second-order valence-electron chi connectivity index (χ2n) is 7.84. The number of carbonyl (C=O) groups excluding carboxylic acids is 3. The highest BCUT2D eigenvalue weighted by atomic mass is 16.6. The molecule has 0 aromatic heterocycles. The summed E-state index contributed by atoms with van der Waals surface area (Å²) in [6.45, 7) is 8.77. The summed E-state index contributed by atoms with van der Waals surface area (Å²) < 4.78 is 5.11. The third kappa shape index (κ3) is 7.66. The van der Waals surface area contributed by atoms with E-state index in [0.717, 1.165) is 17.7 Å². The summed E-state index contributed by atoms with van der Waals surface area (Å²) >= 11 is 0. The fourth-order valence-electron chi connectivity index (χ4n) is 2.59. The van der Waals surface area contributed by atoms with Crippen LogP contribution in [0, 0.1) is 19.4 Å². The van der Waals surface area contributed by atoms with Crippen molar-refractivity contribution in [3.8, 4) is 18.2 Å². The number of aryl methyl sites for hydroxylation is 1. The Morgan fingerprint density at radius 1 is 1.27 bits per heavy atom. The molecule has 3 amide bonds. The van der Waals surface area contributed by atoms with Crippen LogP contribution in [0.2, 0.25) is 0 Å². The van der Waals surface area contributed by atoms with Crippen LogP contribution in [0.15, 0.2) is 18.2 Å². The number of aromatic hydroxyl groups is 1. The molecule has 0 radical (unpaired) electrons. The van der Waals surface area contributed by atoms with Crippen LogP contribution >= 0.6 is 0 Å². The Bertz CT molecular complexity index is 808. The van der Waals surface area contributed by atoms with Crippen molar-refractivity contribution in [2.75, 3.05) is 13.1 Å². The Labute approximate surface area is 178 Å². The van der Waals surface area contributed by atoms with Gasteiger partial charge < -0.3 is 20.5 Å². The number of nitrogens with one attached hydrogen (secondary N) is 2. The predicted molar refractivity (Wildman–Crippen MR) is 113 cm³/mol. The van der Waals surface area contributed by atoms with Crippen molar-refractivity contribution < 1.29 is 24.2 Å². The molecule has 0 heterocycles. The molecule has 0 saturated carbocycles. The minimum atomic E-state index is -1.11. The standard InChI is InChI=1S/C22H31N3O5/c1-7-9-12-23-20(28)19(16-10-11-17(26)15(3)13-16)25(8-2)18(27)14-24-21(29)30-22(4,5)6/h2,10-11,13,19,26H,7,9,12,14H2,1,3-6H3,(H,23,28)(H,24,29). The minimum Gasteiger partial charge on any atom is -0.508 e. The van der Waals surface area contributed by atoms with E-state index in [2.05, 4.69) is 16.7 Å². The molecule has 30 heavy (non-hydrogen) atoms. The molecule has 1 aromatic rings. The van der Waals surface area contributed by atoms with Gasteiger partial charge in [0, 0.05) is 12.6 Å². The zero-order chi connectivity index (χ0) is 22.9. The van der Waals surface area contributed by atoms with Crippen molar-refractivity contribution in [3.05, 3.63) is 29.3 Å². The molecule has 0 bridgehead atoms. The average molecular weight is 418 g/mol. The Morgan fingerprint density at radius 3 is 2.47 bits per heavy atom. The fraction of sp³-hybridized carbons (Fsp3) is 0.500. The Hall–Kier alpha value is -3.21. The summed E-state index contributed by atoms with van der Waals surface area (Å²) in [6, 6.07) is 5.70. The summed E-state index contributed by atoms with van der Waals surface area (Å²) in [5.74, 6) is -1.03. The van der Waals surface area contributed by atoms with Crippen molar-refractivity contribution in [1.82, 2.24) is 15.5 Å². The van der Waals surface area contributed by atoms with Crippen molar-refractivity contribution in [2.45, 2.75) is 59.1 Å². The third-order valence-electron chi connectivity index (χ3n) is 4.06. The number of alkyl carbamates (subject to hydrolysis) is 1.